The number of aliphatic hydroxyl groups is 1. The van der Waals surface area contributed by atoms with Crippen LogP contribution in [0.4, 0.5) is 5.82 Å². The number of piperidine rings is 1. The summed E-state index contributed by atoms with van der Waals surface area (Å²) in [7, 11) is 0. The lowest BCUT2D eigenvalue weighted by atomic mass is 9.64. The molecule has 2 aliphatic heterocycles. The maximum absolute atomic E-state index is 10.0. The van der Waals surface area contributed by atoms with Crippen molar-refractivity contribution in [3.8, 4) is 11.3 Å². The number of ether oxygens (including phenoxy) is 1. The van der Waals surface area contributed by atoms with E-state index in [2.05, 4.69) is 11.8 Å². The fourth-order valence-electron chi connectivity index (χ4n) is 4.78. The van der Waals surface area contributed by atoms with E-state index in [-0.39, 0.29) is 18.1 Å². The minimum absolute atomic E-state index is 0.102. The molecule has 1 aromatic carbocycles. The van der Waals surface area contributed by atoms with Crippen LogP contribution in [0.3, 0.4) is 0 Å². The third-order valence-electron chi connectivity index (χ3n) is 6.83. The Morgan fingerprint density at radius 1 is 1.27 bits per heavy atom. The Morgan fingerprint density at radius 2 is 1.97 bits per heavy atom. The third kappa shape index (κ3) is 3.69. The number of benzene rings is 1. The van der Waals surface area contributed by atoms with Crippen LogP contribution in [0, 0.1) is 18.3 Å². The number of aliphatic hydroxyl groups excluding tert-OH is 1. The number of halogens is 2. The van der Waals surface area contributed by atoms with E-state index in [1.165, 1.54) is 0 Å². The number of hydrogen-bond acceptors (Lipinski definition) is 6. The molecule has 6 nitrogen and oxygen atoms in total. The number of aromatic nitrogens is 2. The molecule has 2 fully saturated rings. The minimum Gasteiger partial charge on any atom is -0.390 e. The number of anilines is 1. The van der Waals surface area contributed by atoms with Crippen molar-refractivity contribution in [1.82, 2.24) is 9.97 Å². The van der Waals surface area contributed by atoms with Crippen LogP contribution in [0.2, 0.25) is 10.0 Å². The van der Waals surface area contributed by atoms with E-state index in [0.29, 0.717) is 27.4 Å². The number of nitrogens with zero attached hydrogens (tertiary/aromatic N) is 3. The molecule has 30 heavy (non-hydrogen) atoms. The van der Waals surface area contributed by atoms with E-state index in [9.17, 15) is 5.11 Å². The molecule has 0 unspecified atom stereocenters. The first-order valence-corrected chi connectivity index (χ1v) is 11.1. The fourth-order valence-corrected chi connectivity index (χ4v) is 5.17. The highest BCUT2D eigenvalue weighted by Crippen LogP contribution is 2.45. The Balaban J connectivity index is 1.63. The van der Waals surface area contributed by atoms with Crippen LogP contribution in [0.1, 0.15) is 31.2 Å². The SMILES string of the molecule is Cc1nc(N2CCC(C3COC3)([C@H](C)N)CC2)c(CO)nc1-c1cccc(Cl)c1Cl. The van der Waals surface area contributed by atoms with Crippen LogP contribution < -0.4 is 10.6 Å². The van der Waals surface area contributed by atoms with E-state index in [0.717, 1.165) is 56.2 Å². The van der Waals surface area contributed by atoms with Crippen molar-refractivity contribution in [2.75, 3.05) is 31.2 Å². The number of hydrogen-bond donors (Lipinski definition) is 2. The van der Waals surface area contributed by atoms with Crippen LogP contribution in [0.25, 0.3) is 11.3 Å². The van der Waals surface area contributed by atoms with Gasteiger partial charge in [0, 0.05) is 30.6 Å². The number of aryl methyl sites for hydroxylation is 1. The quantitative estimate of drug-likeness (QED) is 0.719. The van der Waals surface area contributed by atoms with E-state index < -0.39 is 0 Å². The van der Waals surface area contributed by atoms with Gasteiger partial charge in [-0.1, -0.05) is 35.3 Å². The second-order valence-electron chi connectivity index (χ2n) is 8.43. The maximum Gasteiger partial charge on any atom is 0.153 e. The van der Waals surface area contributed by atoms with Gasteiger partial charge in [-0.05, 0) is 38.2 Å². The molecule has 8 heteroatoms. The van der Waals surface area contributed by atoms with E-state index in [4.69, 9.17) is 43.6 Å². The Morgan fingerprint density at radius 3 is 2.53 bits per heavy atom. The van der Waals surface area contributed by atoms with E-state index >= 15 is 0 Å². The second-order valence-corrected chi connectivity index (χ2v) is 9.22. The number of nitrogens with two attached hydrogens (primary N) is 1. The molecular formula is C22H28Cl2N4O2. The lowest BCUT2D eigenvalue weighted by molar-refractivity contribution is -0.115. The van der Waals surface area contributed by atoms with Gasteiger partial charge in [0.2, 0.25) is 0 Å². The zero-order chi connectivity index (χ0) is 21.5. The largest absolute Gasteiger partial charge is 0.390 e. The van der Waals surface area contributed by atoms with E-state index in [1.54, 1.807) is 6.07 Å². The maximum atomic E-state index is 10.0. The highest BCUT2D eigenvalue weighted by Gasteiger charge is 2.47. The Kier molecular flexibility index (Phi) is 6.24. The van der Waals surface area contributed by atoms with Crippen molar-refractivity contribution in [2.45, 2.75) is 39.3 Å². The van der Waals surface area contributed by atoms with Gasteiger partial charge in [-0.25, -0.2) is 9.97 Å². The molecule has 1 atom stereocenters. The molecule has 0 spiro atoms. The number of rotatable bonds is 5. The van der Waals surface area contributed by atoms with Crippen LogP contribution in [0.5, 0.6) is 0 Å². The van der Waals surface area contributed by atoms with Crippen molar-refractivity contribution < 1.29 is 9.84 Å². The molecule has 0 bridgehead atoms. The van der Waals surface area contributed by atoms with Crippen LogP contribution >= 0.6 is 23.2 Å². The van der Waals surface area contributed by atoms with Gasteiger partial charge in [0.05, 0.1) is 41.3 Å². The van der Waals surface area contributed by atoms with Crippen LogP contribution in [0.15, 0.2) is 18.2 Å². The molecule has 3 N–H and O–H groups in total. The van der Waals surface area contributed by atoms with Gasteiger partial charge in [0.25, 0.3) is 0 Å². The first-order chi connectivity index (χ1) is 14.4. The molecule has 2 aliphatic rings. The molecule has 0 amide bonds. The predicted molar refractivity (Wildman–Crippen MR) is 120 cm³/mol. The third-order valence-corrected chi connectivity index (χ3v) is 7.65. The summed E-state index contributed by atoms with van der Waals surface area (Å²) in [4.78, 5) is 11.8. The van der Waals surface area contributed by atoms with Crippen molar-refractivity contribution in [3.63, 3.8) is 0 Å². The molecule has 0 aliphatic carbocycles. The molecule has 4 rings (SSSR count). The first kappa shape index (κ1) is 21.8. The standard InChI is InChI=1S/C22H28Cl2N4O2/c1-13-20(16-4-3-5-17(23)19(16)24)27-18(10-29)21(26-13)28-8-6-22(7-9-28,14(2)25)15-11-30-12-15/h3-5,14-15,29H,6-12,25H2,1-2H3/t14-/m0/s1. The monoisotopic (exact) mass is 450 g/mol. The summed E-state index contributed by atoms with van der Waals surface area (Å²) >= 11 is 12.6. The van der Waals surface area contributed by atoms with Gasteiger partial charge in [0.1, 0.15) is 5.69 Å². The van der Waals surface area contributed by atoms with Crippen molar-refractivity contribution in [3.05, 3.63) is 39.6 Å². The van der Waals surface area contributed by atoms with Gasteiger partial charge in [-0.3, -0.25) is 0 Å². The van der Waals surface area contributed by atoms with Gasteiger partial charge in [-0.15, -0.1) is 0 Å². The van der Waals surface area contributed by atoms with Gasteiger partial charge < -0.3 is 20.5 Å². The molecule has 2 saturated heterocycles. The molecule has 1 aromatic heterocycles. The molecule has 0 saturated carbocycles. The fraction of sp³-hybridized carbons (Fsp3) is 0.545. The van der Waals surface area contributed by atoms with Crippen molar-refractivity contribution in [1.29, 1.82) is 0 Å². The topological polar surface area (TPSA) is 84.5 Å². The highest BCUT2D eigenvalue weighted by molar-refractivity contribution is 6.43. The lowest BCUT2D eigenvalue weighted by Crippen LogP contribution is -2.57. The smallest absolute Gasteiger partial charge is 0.153 e. The molecule has 162 valence electrons. The van der Waals surface area contributed by atoms with Crippen LogP contribution in [-0.2, 0) is 11.3 Å². The second kappa shape index (κ2) is 8.60. The summed E-state index contributed by atoms with van der Waals surface area (Å²) in [5.41, 5.74) is 9.18. The summed E-state index contributed by atoms with van der Waals surface area (Å²) in [5, 5.41) is 10.9. The van der Waals surface area contributed by atoms with Gasteiger partial charge in [-0.2, -0.15) is 0 Å². The van der Waals surface area contributed by atoms with Gasteiger partial charge >= 0.3 is 0 Å². The Hall–Kier alpha value is -1.44. The zero-order valence-corrected chi connectivity index (χ0v) is 18.9. The van der Waals surface area contributed by atoms with Crippen molar-refractivity contribution in [2.24, 2.45) is 17.1 Å². The highest BCUT2D eigenvalue weighted by atomic mass is 35.5. The molecule has 2 aromatic rings. The van der Waals surface area contributed by atoms with E-state index in [1.807, 2.05) is 19.1 Å². The first-order valence-electron chi connectivity index (χ1n) is 10.4. The summed E-state index contributed by atoms with van der Waals surface area (Å²) in [6.07, 6.45) is 1.96. The summed E-state index contributed by atoms with van der Waals surface area (Å²) in [6.45, 7) is 7.09. The Labute approximate surface area is 187 Å². The predicted octanol–water partition coefficient (Wildman–Crippen LogP) is 3.83. The summed E-state index contributed by atoms with van der Waals surface area (Å²) in [6, 6.07) is 5.55. The Bertz CT molecular complexity index is 926. The lowest BCUT2D eigenvalue weighted by Gasteiger charge is -2.52. The minimum atomic E-state index is -0.195. The molecule has 0 radical (unpaired) electrons. The summed E-state index contributed by atoms with van der Waals surface area (Å²) < 4.78 is 5.46. The normalized spacial score (nSPS) is 20.1. The average molecular weight is 451 g/mol. The average Bonchev–Trinajstić information content (AvgIpc) is 2.69. The molecule has 3 heterocycles. The summed E-state index contributed by atoms with van der Waals surface area (Å²) in [5.74, 6) is 1.26. The van der Waals surface area contributed by atoms with Gasteiger partial charge in [0.15, 0.2) is 5.82 Å². The van der Waals surface area contributed by atoms with Crippen molar-refractivity contribution >= 4 is 29.0 Å². The molecular weight excluding hydrogens is 423 g/mol. The zero-order valence-electron chi connectivity index (χ0n) is 17.4. The van der Waals surface area contributed by atoms with Crippen LogP contribution in [-0.4, -0.2) is 47.4 Å².